The molecule has 0 bridgehead atoms. The lowest BCUT2D eigenvalue weighted by Gasteiger charge is -2.14. The molecule has 0 heterocycles. The van der Waals surface area contributed by atoms with E-state index in [9.17, 15) is 0 Å². The number of hydrogen-bond acceptors (Lipinski definition) is 4. The van der Waals surface area contributed by atoms with Crippen LogP contribution in [0.25, 0.3) is 10.6 Å². The molecule has 132 valence electrons. The molecule has 1 aliphatic rings. The van der Waals surface area contributed by atoms with Gasteiger partial charge in [0.1, 0.15) is 0 Å². The molecule has 0 unspecified atom stereocenters. The largest absolute Gasteiger partial charge is 0.493 e. The van der Waals surface area contributed by atoms with E-state index in [0.29, 0.717) is 28.0 Å². The minimum atomic E-state index is -0.402. The van der Waals surface area contributed by atoms with Crippen molar-refractivity contribution >= 4 is 33.8 Å². The second-order valence-corrected chi connectivity index (χ2v) is 6.27. The first kappa shape index (κ1) is 17.8. The number of hydrogen-bond donors (Lipinski definition) is 0. The number of alkyl halides is 1. The summed E-state index contributed by atoms with van der Waals surface area (Å²) in [6.45, 7) is 0. The Hall–Kier alpha value is -2.04. The predicted molar refractivity (Wildman–Crippen MR) is 100 cm³/mol. The van der Waals surface area contributed by atoms with E-state index in [0.717, 1.165) is 22.3 Å². The predicted octanol–water partition coefficient (Wildman–Crippen LogP) is 5.12. The Kier molecular flexibility index (Phi) is 5.02. The normalized spacial score (nSPS) is 15.8. The minimum absolute atomic E-state index is 0.402. The molecule has 1 aliphatic carbocycles. The fourth-order valence-corrected chi connectivity index (χ4v) is 3.84. The molecule has 0 aliphatic heterocycles. The molecule has 0 saturated carbocycles. The van der Waals surface area contributed by atoms with Gasteiger partial charge in [-0.05, 0) is 35.4 Å². The molecule has 0 saturated heterocycles. The highest BCUT2D eigenvalue weighted by molar-refractivity contribution is 6.55. The molecule has 1 atom stereocenters. The van der Waals surface area contributed by atoms with Crippen molar-refractivity contribution in [3.05, 3.63) is 47.0 Å². The Morgan fingerprint density at radius 3 is 1.92 bits per heavy atom. The molecule has 0 radical (unpaired) electrons. The van der Waals surface area contributed by atoms with Gasteiger partial charge in [-0.25, -0.2) is 0 Å². The first-order chi connectivity index (χ1) is 12.0. The van der Waals surface area contributed by atoms with Crippen LogP contribution in [0.2, 0.25) is 0 Å². The van der Waals surface area contributed by atoms with Crippen LogP contribution in [0.4, 0.5) is 0 Å². The van der Waals surface area contributed by atoms with Crippen LogP contribution in [0.3, 0.4) is 0 Å². The van der Waals surface area contributed by atoms with E-state index in [1.165, 1.54) is 0 Å². The van der Waals surface area contributed by atoms with Crippen LogP contribution < -0.4 is 18.9 Å². The maximum atomic E-state index is 6.72. The number of methoxy groups -OCH3 is 4. The summed E-state index contributed by atoms with van der Waals surface area (Å²) in [5, 5.41) is 0.184. The number of allylic oxidation sites excluding steroid dienone is 1. The van der Waals surface area contributed by atoms with Gasteiger partial charge in [-0.15, -0.1) is 11.6 Å². The average Bonchev–Trinajstić information content (AvgIpc) is 2.89. The standard InChI is InChI=1S/C19H18Cl2O4/c1-22-13-6-5-10(7-14(13)23-2)17-18(20)11-8-15(24-3)16(25-4)9-12(11)19(17)21/h5-9,18H,1-4H3/t18-/m1/s1. The molecule has 0 amide bonds. The highest BCUT2D eigenvalue weighted by Crippen LogP contribution is 2.53. The molecule has 0 N–H and O–H groups in total. The topological polar surface area (TPSA) is 36.9 Å². The average molecular weight is 381 g/mol. The van der Waals surface area contributed by atoms with Crippen LogP contribution in [0.15, 0.2) is 30.3 Å². The zero-order valence-corrected chi connectivity index (χ0v) is 15.9. The first-order valence-electron chi connectivity index (χ1n) is 7.58. The summed E-state index contributed by atoms with van der Waals surface area (Å²) in [7, 11) is 6.37. The van der Waals surface area contributed by atoms with Gasteiger partial charge in [0.15, 0.2) is 23.0 Å². The summed E-state index contributed by atoms with van der Waals surface area (Å²) in [5.74, 6) is 2.49. The third kappa shape index (κ3) is 2.90. The van der Waals surface area contributed by atoms with Gasteiger partial charge >= 0.3 is 0 Å². The third-order valence-corrected chi connectivity index (χ3v) is 5.11. The van der Waals surface area contributed by atoms with E-state index in [-0.39, 0.29) is 0 Å². The second kappa shape index (κ2) is 7.06. The van der Waals surface area contributed by atoms with Crippen LogP contribution >= 0.6 is 23.2 Å². The summed E-state index contributed by atoms with van der Waals surface area (Å²) in [6, 6.07) is 9.32. The molecule has 0 fully saturated rings. The molecule has 4 nitrogen and oxygen atoms in total. The molecule has 2 aromatic rings. The lowest BCUT2D eigenvalue weighted by atomic mass is 10.0. The molecular weight excluding hydrogens is 363 g/mol. The maximum Gasteiger partial charge on any atom is 0.161 e. The summed E-state index contributed by atoms with van der Waals surface area (Å²) in [4.78, 5) is 0. The van der Waals surface area contributed by atoms with Gasteiger partial charge < -0.3 is 18.9 Å². The van der Waals surface area contributed by atoms with Crippen LogP contribution in [0.1, 0.15) is 22.1 Å². The van der Waals surface area contributed by atoms with E-state index in [1.54, 1.807) is 28.4 Å². The minimum Gasteiger partial charge on any atom is -0.493 e. The molecule has 0 aromatic heterocycles. The Labute approximate surface area is 156 Å². The molecule has 6 heteroatoms. The lowest BCUT2D eigenvalue weighted by molar-refractivity contribution is 0.354. The summed E-state index contributed by atoms with van der Waals surface area (Å²) < 4.78 is 21.4. The number of rotatable bonds is 5. The summed E-state index contributed by atoms with van der Waals surface area (Å²) >= 11 is 13.4. The van der Waals surface area contributed by atoms with Crippen molar-refractivity contribution in [1.29, 1.82) is 0 Å². The van der Waals surface area contributed by atoms with Gasteiger partial charge in [0.05, 0.1) is 38.8 Å². The van der Waals surface area contributed by atoms with Crippen molar-refractivity contribution in [2.75, 3.05) is 28.4 Å². The van der Waals surface area contributed by atoms with Crippen molar-refractivity contribution in [3.8, 4) is 23.0 Å². The van der Waals surface area contributed by atoms with Crippen molar-refractivity contribution < 1.29 is 18.9 Å². The molecule has 2 aromatic carbocycles. The Morgan fingerprint density at radius 1 is 0.760 bits per heavy atom. The van der Waals surface area contributed by atoms with E-state index < -0.39 is 5.38 Å². The second-order valence-electron chi connectivity index (χ2n) is 5.45. The van der Waals surface area contributed by atoms with Gasteiger partial charge in [-0.1, -0.05) is 17.7 Å². The van der Waals surface area contributed by atoms with Gasteiger partial charge in [0.25, 0.3) is 0 Å². The fraction of sp³-hybridized carbons (Fsp3) is 0.263. The highest BCUT2D eigenvalue weighted by Gasteiger charge is 2.32. The number of halogens is 2. The van der Waals surface area contributed by atoms with Crippen molar-refractivity contribution in [2.45, 2.75) is 5.38 Å². The molecule has 0 spiro atoms. The van der Waals surface area contributed by atoms with E-state index in [4.69, 9.17) is 42.1 Å². The number of ether oxygens (including phenoxy) is 4. The zero-order chi connectivity index (χ0) is 18.1. The molecule has 3 rings (SSSR count). The Bertz CT molecular complexity index is 846. The molecule has 25 heavy (non-hydrogen) atoms. The SMILES string of the molecule is COc1ccc(C2=C(Cl)c3cc(OC)c(OC)cc3[C@H]2Cl)cc1OC. The summed E-state index contributed by atoms with van der Waals surface area (Å²) in [6.07, 6.45) is 0. The van der Waals surface area contributed by atoms with Gasteiger partial charge in [0.2, 0.25) is 0 Å². The van der Waals surface area contributed by atoms with E-state index in [1.807, 2.05) is 30.3 Å². The first-order valence-corrected chi connectivity index (χ1v) is 8.39. The smallest absolute Gasteiger partial charge is 0.161 e. The Morgan fingerprint density at radius 2 is 1.32 bits per heavy atom. The zero-order valence-electron chi connectivity index (χ0n) is 14.4. The third-order valence-electron chi connectivity index (χ3n) is 4.25. The highest BCUT2D eigenvalue weighted by atomic mass is 35.5. The van der Waals surface area contributed by atoms with E-state index >= 15 is 0 Å². The number of fused-ring (bicyclic) bond motifs is 1. The maximum absolute atomic E-state index is 6.72. The van der Waals surface area contributed by atoms with Crippen LogP contribution in [0.5, 0.6) is 23.0 Å². The van der Waals surface area contributed by atoms with Crippen LogP contribution in [0, 0.1) is 0 Å². The van der Waals surface area contributed by atoms with Gasteiger partial charge in [-0.3, -0.25) is 0 Å². The van der Waals surface area contributed by atoms with E-state index in [2.05, 4.69) is 0 Å². The Balaban J connectivity index is 2.13. The van der Waals surface area contributed by atoms with Crippen LogP contribution in [-0.4, -0.2) is 28.4 Å². The summed E-state index contributed by atoms with van der Waals surface area (Å²) in [5.41, 5.74) is 3.41. The van der Waals surface area contributed by atoms with Crippen molar-refractivity contribution in [1.82, 2.24) is 0 Å². The van der Waals surface area contributed by atoms with Crippen molar-refractivity contribution in [2.24, 2.45) is 0 Å². The van der Waals surface area contributed by atoms with Crippen LogP contribution in [-0.2, 0) is 0 Å². The monoisotopic (exact) mass is 380 g/mol. The van der Waals surface area contributed by atoms with Gasteiger partial charge in [-0.2, -0.15) is 0 Å². The lowest BCUT2D eigenvalue weighted by Crippen LogP contribution is -1.96. The van der Waals surface area contributed by atoms with Gasteiger partial charge in [0, 0.05) is 11.1 Å². The molecular formula is C19H18Cl2O4. The number of benzene rings is 2. The van der Waals surface area contributed by atoms with Crippen molar-refractivity contribution in [3.63, 3.8) is 0 Å². The quantitative estimate of drug-likeness (QED) is 0.674. The fourth-order valence-electron chi connectivity index (χ4n) is 2.98.